The molecule has 0 unspecified atom stereocenters. The minimum Gasteiger partial charge on any atom is -0.462 e. The Labute approximate surface area is 192 Å². The summed E-state index contributed by atoms with van der Waals surface area (Å²) in [5.74, 6) is 0.543. The van der Waals surface area contributed by atoms with Crippen LogP contribution in [0.5, 0.6) is 0 Å². The van der Waals surface area contributed by atoms with Crippen molar-refractivity contribution >= 4 is 5.97 Å². The summed E-state index contributed by atoms with van der Waals surface area (Å²) < 4.78 is 11.3. The maximum absolute atomic E-state index is 11.8. The van der Waals surface area contributed by atoms with Crippen LogP contribution in [0.2, 0.25) is 0 Å². The Balaban J connectivity index is 1.57. The Morgan fingerprint density at radius 1 is 1.00 bits per heavy atom. The highest BCUT2D eigenvalue weighted by molar-refractivity contribution is 5.66. The van der Waals surface area contributed by atoms with Crippen LogP contribution >= 0.6 is 0 Å². The molecule has 1 heterocycles. The quantitative estimate of drug-likeness (QED) is 0.566. The number of hydrogen-bond acceptors (Lipinski definition) is 5. The molecule has 180 valence electrons. The first-order valence-electron chi connectivity index (χ1n) is 12.7. The Kier molecular flexibility index (Phi) is 4.95. The van der Waals surface area contributed by atoms with Gasteiger partial charge in [-0.05, 0) is 72.5 Å². The van der Waals surface area contributed by atoms with E-state index in [0.717, 1.165) is 18.4 Å². The molecule has 1 aliphatic heterocycles. The zero-order valence-corrected chi connectivity index (χ0v) is 20.7. The van der Waals surface area contributed by atoms with Gasteiger partial charge >= 0.3 is 5.97 Å². The van der Waals surface area contributed by atoms with Crippen molar-refractivity contribution in [2.75, 3.05) is 0 Å². The third kappa shape index (κ3) is 2.79. The van der Waals surface area contributed by atoms with Crippen molar-refractivity contribution < 1.29 is 24.5 Å². The van der Waals surface area contributed by atoms with Gasteiger partial charge in [-0.1, -0.05) is 41.0 Å². The van der Waals surface area contributed by atoms with Gasteiger partial charge in [0.25, 0.3) is 6.29 Å². The molecule has 5 nitrogen and oxygen atoms in total. The van der Waals surface area contributed by atoms with Crippen LogP contribution in [0.25, 0.3) is 0 Å². The summed E-state index contributed by atoms with van der Waals surface area (Å²) in [5, 5.41) is 23.0. The van der Waals surface area contributed by atoms with E-state index >= 15 is 0 Å². The summed E-state index contributed by atoms with van der Waals surface area (Å²) >= 11 is 0. The fourth-order valence-corrected chi connectivity index (χ4v) is 10.0. The molecule has 0 aromatic carbocycles. The highest BCUT2D eigenvalue weighted by atomic mass is 16.7. The Hall–Kier alpha value is -1.07. The van der Waals surface area contributed by atoms with Crippen LogP contribution in [0.15, 0.2) is 11.8 Å². The number of aliphatic hydroxyl groups excluding tert-OH is 2. The van der Waals surface area contributed by atoms with Crippen molar-refractivity contribution in [1.82, 2.24) is 0 Å². The van der Waals surface area contributed by atoms with Crippen LogP contribution in [0.4, 0.5) is 0 Å². The molecule has 0 spiro atoms. The molecular weight excluding hydrogens is 404 g/mol. The van der Waals surface area contributed by atoms with E-state index in [1.807, 2.05) is 0 Å². The predicted molar refractivity (Wildman–Crippen MR) is 121 cm³/mol. The van der Waals surface area contributed by atoms with Crippen molar-refractivity contribution in [3.05, 3.63) is 11.8 Å². The summed E-state index contributed by atoms with van der Waals surface area (Å²) in [4.78, 5) is 11.8. The Morgan fingerprint density at radius 2 is 1.69 bits per heavy atom. The number of carbonyl (C=O) groups is 1. The van der Waals surface area contributed by atoms with Gasteiger partial charge in [0.15, 0.2) is 0 Å². The summed E-state index contributed by atoms with van der Waals surface area (Å²) in [6.07, 6.45) is 7.23. The first kappa shape index (κ1) is 22.7. The van der Waals surface area contributed by atoms with Gasteiger partial charge in [-0.25, -0.2) is 0 Å². The van der Waals surface area contributed by atoms with Crippen molar-refractivity contribution in [2.24, 2.45) is 45.3 Å². The van der Waals surface area contributed by atoms with Gasteiger partial charge in [0.2, 0.25) is 0 Å². The fraction of sp³-hybridized carbons (Fsp3) is 0.889. The monoisotopic (exact) mass is 446 g/mol. The summed E-state index contributed by atoms with van der Waals surface area (Å²) in [5.41, 5.74) is 0.860. The maximum atomic E-state index is 11.8. The predicted octanol–water partition coefficient (Wildman–Crippen LogP) is 4.81. The Morgan fingerprint density at radius 3 is 2.38 bits per heavy atom. The van der Waals surface area contributed by atoms with Crippen molar-refractivity contribution in [2.45, 2.75) is 105 Å². The maximum Gasteiger partial charge on any atom is 0.305 e. The van der Waals surface area contributed by atoms with Gasteiger partial charge < -0.3 is 19.7 Å². The lowest BCUT2D eigenvalue weighted by Crippen LogP contribution is -2.68. The first-order chi connectivity index (χ1) is 14.9. The fourth-order valence-electron chi connectivity index (χ4n) is 10.0. The van der Waals surface area contributed by atoms with Gasteiger partial charge in [-0.15, -0.1) is 0 Å². The third-order valence-corrected chi connectivity index (χ3v) is 11.3. The van der Waals surface area contributed by atoms with Crippen LogP contribution in [-0.2, 0) is 14.3 Å². The standard InChI is InChI=1S/C27H42O5/c1-15(28)32-23-22-16(14-31-23)17(29)12-20-26(5)11-8-18-24(2,3)9-7-10-25(18,4)19(26)13-21(30)27(20,22)6/h14,17-23,29-30H,7-13H2,1-6H3/t17-,18-,19+,20-,21+,22+,23-,25-,26+,27+/m0/s1. The normalized spacial score (nSPS) is 53.6. The van der Waals surface area contributed by atoms with Crippen molar-refractivity contribution in [3.63, 3.8) is 0 Å². The smallest absolute Gasteiger partial charge is 0.305 e. The molecule has 5 heteroatoms. The molecule has 0 radical (unpaired) electrons. The molecular formula is C27H42O5. The topological polar surface area (TPSA) is 76.0 Å². The lowest BCUT2D eigenvalue weighted by molar-refractivity contribution is -0.261. The third-order valence-electron chi connectivity index (χ3n) is 11.3. The SMILES string of the molecule is CC(=O)O[C@@H]1OC=C2[C@H]1[C@@]1(C)[C@H](O)C[C@@H]3[C@@]4(C)CCCC(C)(C)[C@@H]4CC[C@@]3(C)[C@@H]1C[C@@H]2O. The van der Waals surface area contributed by atoms with E-state index in [1.54, 1.807) is 6.26 Å². The molecule has 10 atom stereocenters. The van der Waals surface area contributed by atoms with Gasteiger partial charge in [-0.3, -0.25) is 4.79 Å². The number of fused-ring (bicyclic) bond motifs is 7. The van der Waals surface area contributed by atoms with Gasteiger partial charge in [0, 0.05) is 17.9 Å². The minimum atomic E-state index is -0.764. The molecule has 4 aliphatic carbocycles. The zero-order valence-electron chi connectivity index (χ0n) is 20.7. The van der Waals surface area contributed by atoms with Crippen LogP contribution in [-0.4, -0.2) is 34.7 Å². The molecule has 4 fully saturated rings. The number of carbonyl (C=O) groups excluding carboxylic acids is 1. The number of aliphatic hydroxyl groups is 2. The van der Waals surface area contributed by atoms with Crippen LogP contribution < -0.4 is 0 Å². The van der Waals surface area contributed by atoms with Gasteiger partial charge in [-0.2, -0.15) is 0 Å². The van der Waals surface area contributed by atoms with Crippen LogP contribution in [0.1, 0.15) is 86.5 Å². The second kappa shape index (κ2) is 6.97. The van der Waals surface area contributed by atoms with Crippen molar-refractivity contribution in [1.29, 1.82) is 0 Å². The number of esters is 1. The van der Waals surface area contributed by atoms with Crippen LogP contribution in [0, 0.1) is 45.3 Å². The molecule has 2 N–H and O–H groups in total. The Bertz CT molecular complexity index is 834. The molecule has 5 rings (SSSR count). The van der Waals surface area contributed by atoms with E-state index in [2.05, 4.69) is 34.6 Å². The molecule has 4 saturated carbocycles. The van der Waals surface area contributed by atoms with Crippen molar-refractivity contribution in [3.8, 4) is 0 Å². The molecule has 5 aliphatic rings. The van der Waals surface area contributed by atoms with E-state index in [-0.39, 0.29) is 22.7 Å². The highest BCUT2D eigenvalue weighted by Crippen LogP contribution is 2.74. The summed E-state index contributed by atoms with van der Waals surface area (Å²) in [6, 6.07) is 0. The number of rotatable bonds is 1. The van der Waals surface area contributed by atoms with Gasteiger partial charge in [0.1, 0.15) is 0 Å². The minimum absolute atomic E-state index is 0.0303. The second-order valence-corrected chi connectivity index (χ2v) is 13.1. The molecule has 0 bridgehead atoms. The van der Waals surface area contributed by atoms with E-state index in [9.17, 15) is 15.0 Å². The average molecular weight is 447 g/mol. The molecule has 32 heavy (non-hydrogen) atoms. The molecule has 0 aromatic heterocycles. The molecule has 0 saturated heterocycles. The van der Waals surface area contributed by atoms with E-state index in [4.69, 9.17) is 9.47 Å². The summed E-state index contributed by atoms with van der Waals surface area (Å²) in [7, 11) is 0. The van der Waals surface area contributed by atoms with E-state index in [0.29, 0.717) is 23.7 Å². The van der Waals surface area contributed by atoms with E-state index in [1.165, 1.54) is 32.6 Å². The average Bonchev–Trinajstić information content (AvgIpc) is 3.10. The first-order valence-corrected chi connectivity index (χ1v) is 12.7. The van der Waals surface area contributed by atoms with Crippen LogP contribution in [0.3, 0.4) is 0 Å². The number of ether oxygens (including phenoxy) is 2. The molecule has 0 amide bonds. The lowest BCUT2D eigenvalue weighted by Gasteiger charge is -2.71. The van der Waals surface area contributed by atoms with E-state index < -0.39 is 29.9 Å². The largest absolute Gasteiger partial charge is 0.462 e. The zero-order chi connectivity index (χ0) is 23.3. The number of hydrogen-bond donors (Lipinski definition) is 2. The van der Waals surface area contributed by atoms with Gasteiger partial charge in [0.05, 0.1) is 24.4 Å². The lowest BCUT2D eigenvalue weighted by atomic mass is 9.34. The second-order valence-electron chi connectivity index (χ2n) is 13.1. The molecule has 0 aromatic rings. The summed E-state index contributed by atoms with van der Waals surface area (Å²) in [6.45, 7) is 13.4. The highest BCUT2D eigenvalue weighted by Gasteiger charge is 2.71.